The Morgan fingerprint density at radius 2 is 0.523 bits per heavy atom. The van der Waals surface area contributed by atoms with E-state index in [2.05, 4.69) is 21.7 Å². The van der Waals surface area contributed by atoms with Crippen LogP contribution in [0.2, 0.25) is 0 Å². The number of phenols is 1. The number of amides is 1. The number of hydrogen-bond acceptors (Lipinski definition) is 32. The van der Waals surface area contributed by atoms with Crippen LogP contribution >= 0.6 is 58.8 Å². The largest absolute Gasteiger partial charge is 0.508 e. The first-order valence-corrected chi connectivity index (χ1v) is 38.9. The summed E-state index contributed by atoms with van der Waals surface area (Å²) >= 11 is 8.02. The van der Waals surface area contributed by atoms with Crippen LogP contribution in [-0.2, 0) is 64.0 Å². The normalized spacial score (nSPS) is 12.4. The zero-order valence-electron chi connectivity index (χ0n) is 61.8. The molecule has 0 unspecified atom stereocenters. The lowest BCUT2D eigenvalue weighted by atomic mass is 10.1. The highest BCUT2D eigenvalue weighted by atomic mass is 32.2. The number of carboxylic acids is 11. The third-order valence-electron chi connectivity index (χ3n) is 11.6. The number of rotatable bonds is 43. The summed E-state index contributed by atoms with van der Waals surface area (Å²) in [6.45, 7) is 1.17. The van der Waals surface area contributed by atoms with Crippen molar-refractivity contribution >= 4 is 148 Å². The van der Waals surface area contributed by atoms with Gasteiger partial charge in [0.15, 0.2) is 17.9 Å². The Balaban J connectivity index is -0.000000124. The van der Waals surface area contributed by atoms with Crippen LogP contribution in [0.15, 0.2) is 24.3 Å². The monoisotopic (exact) mass is 1670 g/mol. The number of nitrogens with two attached hydrogens (primary N) is 15. The van der Waals surface area contributed by atoms with Crippen molar-refractivity contribution in [3.05, 3.63) is 29.8 Å². The topological polar surface area (TPSA) is 946 Å². The van der Waals surface area contributed by atoms with E-state index in [0.29, 0.717) is 90.3 Å². The molecule has 0 saturated heterocycles. The smallest absolute Gasteiger partial charge is 0.320 e. The number of carbonyl (C=O) groups excluding carboxylic acids is 1. The van der Waals surface area contributed by atoms with Crippen LogP contribution in [0.1, 0.15) is 89.0 Å². The Hall–Kier alpha value is -8.22. The number of nitrogens with one attached hydrogen (secondary N) is 6. The lowest BCUT2D eigenvalue weighted by Crippen LogP contribution is -2.34. The third-order valence-corrected chi connectivity index (χ3v) is 14.8. The van der Waals surface area contributed by atoms with Crippen LogP contribution in [0.3, 0.4) is 0 Å². The Bertz CT molecular complexity index is 2420. The zero-order chi connectivity index (χ0) is 87.3. The van der Waals surface area contributed by atoms with Crippen molar-refractivity contribution in [2.75, 3.05) is 86.2 Å². The van der Waals surface area contributed by atoms with Crippen molar-refractivity contribution in [3.63, 3.8) is 0 Å². The predicted molar refractivity (Wildman–Crippen MR) is 425 cm³/mol. The summed E-state index contributed by atoms with van der Waals surface area (Å²) in [4.78, 5) is 121. The fourth-order valence-corrected chi connectivity index (χ4v) is 7.69. The van der Waals surface area contributed by atoms with E-state index in [1.807, 2.05) is 31.3 Å². The number of benzene rings is 1. The fourth-order valence-electron chi connectivity index (χ4n) is 5.24. The van der Waals surface area contributed by atoms with Gasteiger partial charge in [0.1, 0.15) is 66.2 Å². The Morgan fingerprint density at radius 3 is 0.679 bits per heavy atom. The molecular formula is C59H123N21O24S5. The Morgan fingerprint density at radius 1 is 0.339 bits per heavy atom. The second-order valence-electron chi connectivity index (χ2n) is 21.3. The average Bonchev–Trinajstić information content (AvgIpc) is 0.908. The predicted octanol–water partition coefficient (Wildman–Crippen LogP) is -5.22. The zero-order valence-corrected chi connectivity index (χ0v) is 65.9. The molecule has 0 fully saturated rings. The minimum Gasteiger partial charge on any atom is -0.508 e. The molecule has 50 heteroatoms. The summed E-state index contributed by atoms with van der Waals surface area (Å²) in [6.07, 6.45) is 15.7. The van der Waals surface area contributed by atoms with Crippen LogP contribution < -0.4 is 102 Å². The molecule has 109 heavy (non-hydrogen) atoms. The van der Waals surface area contributed by atoms with Crippen LogP contribution in [0.4, 0.5) is 0 Å². The summed E-state index contributed by atoms with van der Waals surface area (Å²) in [5.41, 5.74) is 77.1. The number of guanidine groups is 3. The van der Waals surface area contributed by atoms with Crippen molar-refractivity contribution in [2.24, 2.45) is 86.0 Å². The first kappa shape index (κ1) is 122. The number of aliphatic carboxylic acids is 11. The molecule has 0 aliphatic heterocycles. The highest BCUT2D eigenvalue weighted by Crippen LogP contribution is 2.11. The Labute approximate surface area is 654 Å². The maximum Gasteiger partial charge on any atom is 0.320 e. The van der Waals surface area contributed by atoms with Gasteiger partial charge in [-0.05, 0) is 161 Å². The van der Waals surface area contributed by atoms with Gasteiger partial charge in [-0.2, -0.15) is 58.8 Å². The van der Waals surface area contributed by atoms with E-state index >= 15 is 0 Å². The number of thioether (sulfide) groups is 5. The van der Waals surface area contributed by atoms with E-state index in [9.17, 15) is 57.5 Å². The molecule has 0 aliphatic carbocycles. The molecule has 0 saturated carbocycles. The minimum atomic E-state index is -1.11. The molecule has 45 nitrogen and oxygen atoms in total. The lowest BCUT2D eigenvalue weighted by Gasteiger charge is -2.06. The number of primary amides is 1. The van der Waals surface area contributed by atoms with Gasteiger partial charge in [-0.3, -0.25) is 73.8 Å². The van der Waals surface area contributed by atoms with Crippen molar-refractivity contribution < 1.29 is 119 Å². The maximum absolute atomic E-state index is 10.4. The highest BCUT2D eigenvalue weighted by Gasteiger charge is 2.16. The molecule has 10 atom stereocenters. The van der Waals surface area contributed by atoms with E-state index in [0.717, 1.165) is 34.3 Å². The molecule has 0 radical (unpaired) electrons. The Kier molecular flexibility index (Phi) is 93.6. The standard InChI is InChI=1S/C9H11NO3.3C6H14N4O2.C5H10N2O3.5C5H11NO2S.C2H5NO2/c10-8(9(12)13)5-6-1-3-7(11)4-2-6;3*7-4(5(11)12)2-1-3-10-6(8)9;6-3(5(9)10)1-2-4(7)8;5*1-9-3-2-4(6)5(7)8;3-1-2(4)5/h1-4,8,11H,5,10H2,(H,12,13);3*4H,1-3,7H2,(H,11,12)(H4,8,9,10);3H,1-2,6H2,(H2,7,8)(H,9,10);5*4H,2-3,6H2,1H3,(H,7,8);1,3H2,(H,4,5)/t8-;3*4-;3-;5*4-;/m0000000000./s1. The molecule has 0 spiro atoms. The molecule has 0 aliphatic rings. The quantitative estimate of drug-likeness (QED) is 0.0165. The van der Waals surface area contributed by atoms with Gasteiger partial charge in [0.25, 0.3) is 0 Å². The molecule has 0 bridgehead atoms. The van der Waals surface area contributed by atoms with E-state index in [4.69, 9.17) is 158 Å². The summed E-state index contributed by atoms with van der Waals surface area (Å²) in [6, 6.07) is -1.43. The average molecular weight is 1670 g/mol. The number of carboxylic acid groups (broad SMARTS) is 11. The van der Waals surface area contributed by atoms with Gasteiger partial charge in [0, 0.05) is 26.1 Å². The van der Waals surface area contributed by atoms with E-state index < -0.39 is 132 Å². The first-order valence-electron chi connectivity index (χ1n) is 31.9. The summed E-state index contributed by atoms with van der Waals surface area (Å²) < 4.78 is 0. The van der Waals surface area contributed by atoms with Crippen molar-refractivity contribution in [3.8, 4) is 5.75 Å². The van der Waals surface area contributed by atoms with Crippen LogP contribution in [0.5, 0.6) is 5.75 Å². The van der Waals surface area contributed by atoms with Crippen LogP contribution in [0.25, 0.3) is 0 Å². The van der Waals surface area contributed by atoms with Crippen molar-refractivity contribution in [1.29, 1.82) is 16.2 Å². The van der Waals surface area contributed by atoms with Crippen LogP contribution in [-0.4, -0.2) is 297 Å². The summed E-state index contributed by atoms with van der Waals surface area (Å²) in [7, 11) is 0. The van der Waals surface area contributed by atoms with Gasteiger partial charge in [-0.1, -0.05) is 12.1 Å². The van der Waals surface area contributed by atoms with Gasteiger partial charge in [0.05, 0.1) is 6.54 Å². The molecular weight excluding hydrogens is 1550 g/mol. The molecule has 0 aromatic heterocycles. The number of carbonyl (C=O) groups is 12. The summed E-state index contributed by atoms with van der Waals surface area (Å²) in [5, 5.41) is 128. The molecule has 1 aromatic rings. The minimum absolute atomic E-state index is 0.0213. The number of phenolic OH excluding ortho intramolecular Hbond substituents is 1. The molecule has 638 valence electrons. The fraction of sp³-hybridized carbons (Fsp3) is 0.644. The second-order valence-corrected chi connectivity index (χ2v) is 26.2. The van der Waals surface area contributed by atoms with E-state index in [1.54, 1.807) is 70.9 Å². The third kappa shape index (κ3) is 108. The summed E-state index contributed by atoms with van der Waals surface area (Å²) in [5.74, 6) is -7.31. The van der Waals surface area contributed by atoms with E-state index in [1.165, 1.54) is 12.1 Å². The molecule has 1 aromatic carbocycles. The van der Waals surface area contributed by atoms with E-state index in [-0.39, 0.29) is 49.4 Å². The maximum atomic E-state index is 10.4. The molecule has 48 N–H and O–H groups in total. The highest BCUT2D eigenvalue weighted by molar-refractivity contribution is 7.99. The lowest BCUT2D eigenvalue weighted by molar-refractivity contribution is -0.139. The van der Waals surface area contributed by atoms with Crippen LogP contribution in [0, 0.1) is 16.2 Å². The van der Waals surface area contributed by atoms with Gasteiger partial charge >= 0.3 is 65.7 Å². The first-order chi connectivity index (χ1) is 50.4. The van der Waals surface area contributed by atoms with Crippen molar-refractivity contribution in [2.45, 2.75) is 150 Å². The number of hydrogen-bond donors (Lipinski definition) is 33. The second kappa shape index (κ2) is 83.8. The number of aromatic hydroxyl groups is 1. The van der Waals surface area contributed by atoms with Gasteiger partial charge in [-0.15, -0.1) is 0 Å². The van der Waals surface area contributed by atoms with Crippen molar-refractivity contribution in [1.82, 2.24) is 16.0 Å². The van der Waals surface area contributed by atoms with Gasteiger partial charge in [-0.25, -0.2) is 0 Å². The molecule has 1 amide bonds. The van der Waals surface area contributed by atoms with Gasteiger partial charge < -0.3 is 163 Å². The van der Waals surface area contributed by atoms with Gasteiger partial charge in [0.2, 0.25) is 5.91 Å². The molecule has 0 heterocycles. The molecule has 1 rings (SSSR count). The SMILES string of the molecule is CSCC[C@H](N)C(=O)O.CSCC[C@H](N)C(=O)O.CSCC[C@H](N)C(=O)O.CSCC[C@H](N)C(=O)O.CSCC[C@H](N)C(=O)O.N=C(N)NCCC[C@H](N)C(=O)O.N=C(N)NCCC[C@H](N)C(=O)O.N=C(N)NCCC[C@H](N)C(=O)O.NC(=O)CC[C@H](N)C(=O)O.NCC(=O)O.N[C@@H](Cc1ccc(O)cc1)C(=O)O.